The van der Waals surface area contributed by atoms with Crippen LogP contribution in [0.2, 0.25) is 0 Å². The van der Waals surface area contributed by atoms with E-state index in [1.54, 1.807) is 17.7 Å². The highest BCUT2D eigenvalue weighted by Gasteiger charge is 2.14. The van der Waals surface area contributed by atoms with Crippen molar-refractivity contribution in [2.75, 3.05) is 17.2 Å². The van der Waals surface area contributed by atoms with E-state index in [0.29, 0.717) is 5.92 Å². The third kappa shape index (κ3) is 4.41. The lowest BCUT2D eigenvalue weighted by Crippen LogP contribution is -2.11. The molecule has 0 unspecified atom stereocenters. The fraction of sp³-hybridized carbons (Fsp3) is 0.467. The Kier molecular flexibility index (Phi) is 5.99. The zero-order chi connectivity index (χ0) is 15.2. The maximum Gasteiger partial charge on any atom is 0.135 e. The van der Waals surface area contributed by atoms with Crippen molar-refractivity contribution in [2.45, 2.75) is 39.7 Å². The predicted molar refractivity (Wildman–Crippen MR) is 94.2 cm³/mol. The predicted octanol–water partition coefficient (Wildman–Crippen LogP) is 4.86. The van der Waals surface area contributed by atoms with E-state index in [1.807, 2.05) is 0 Å². The molecule has 0 aromatic carbocycles. The molecule has 0 fully saturated rings. The quantitative estimate of drug-likeness (QED) is 0.732. The maximum atomic E-state index is 4.42. The molecule has 0 spiro atoms. The van der Waals surface area contributed by atoms with Crippen molar-refractivity contribution < 1.29 is 0 Å². The molecule has 2 rings (SSSR count). The summed E-state index contributed by atoms with van der Waals surface area (Å²) in [5.74, 6) is 2.22. The van der Waals surface area contributed by atoms with Crippen LogP contribution in [-0.2, 0) is 6.54 Å². The van der Waals surface area contributed by atoms with Gasteiger partial charge in [-0.05, 0) is 34.3 Å². The Morgan fingerprint density at radius 3 is 2.52 bits per heavy atom. The number of halogens is 1. The first-order valence-corrected chi connectivity index (χ1v) is 8.84. The molecular weight excluding hydrogens is 348 g/mol. The number of anilines is 2. The Labute approximate surface area is 138 Å². The van der Waals surface area contributed by atoms with Crippen molar-refractivity contribution in [2.24, 2.45) is 0 Å². The van der Waals surface area contributed by atoms with Gasteiger partial charge in [-0.3, -0.25) is 0 Å². The highest BCUT2D eigenvalue weighted by atomic mass is 79.9. The third-order valence-electron chi connectivity index (χ3n) is 3.06. The van der Waals surface area contributed by atoms with Crippen LogP contribution < -0.4 is 10.6 Å². The van der Waals surface area contributed by atoms with Gasteiger partial charge < -0.3 is 10.6 Å². The normalized spacial score (nSPS) is 10.9. The maximum absolute atomic E-state index is 4.42. The second kappa shape index (κ2) is 7.75. The number of nitrogens with one attached hydrogen (secondary N) is 2. The first-order chi connectivity index (χ1) is 10.1. The minimum Gasteiger partial charge on any atom is -0.370 e. The van der Waals surface area contributed by atoms with Gasteiger partial charge in [0.1, 0.15) is 18.0 Å². The van der Waals surface area contributed by atoms with Gasteiger partial charge >= 0.3 is 0 Å². The number of rotatable bonds is 7. The monoisotopic (exact) mass is 368 g/mol. The first-order valence-electron chi connectivity index (χ1n) is 7.17. The van der Waals surface area contributed by atoms with Crippen LogP contribution in [0.5, 0.6) is 0 Å². The second-order valence-corrected chi connectivity index (χ2v) is 7.06. The summed E-state index contributed by atoms with van der Waals surface area (Å²) >= 11 is 5.22. The van der Waals surface area contributed by atoms with Crippen molar-refractivity contribution in [3.63, 3.8) is 0 Å². The highest BCUT2D eigenvalue weighted by Crippen LogP contribution is 2.29. The van der Waals surface area contributed by atoms with Crippen LogP contribution in [0, 0.1) is 0 Å². The summed E-state index contributed by atoms with van der Waals surface area (Å²) in [6.45, 7) is 8.19. The Bertz CT molecular complexity index is 583. The lowest BCUT2D eigenvalue weighted by atomic mass is 10.0. The Hall–Kier alpha value is -1.14. The molecular formula is C15H21BrN4S. The van der Waals surface area contributed by atoms with E-state index in [-0.39, 0.29) is 0 Å². The van der Waals surface area contributed by atoms with Crippen LogP contribution in [0.1, 0.15) is 43.6 Å². The van der Waals surface area contributed by atoms with Crippen molar-refractivity contribution in [3.8, 4) is 0 Å². The van der Waals surface area contributed by atoms with Gasteiger partial charge in [0.15, 0.2) is 0 Å². The average Bonchev–Trinajstić information content (AvgIpc) is 2.88. The minimum absolute atomic E-state index is 0.364. The zero-order valence-electron chi connectivity index (χ0n) is 12.6. The SMILES string of the molecule is CCCNc1ncnc(NCc2cc(Br)cs2)c1C(C)C. The number of thiophene rings is 1. The largest absolute Gasteiger partial charge is 0.370 e. The fourth-order valence-electron chi connectivity index (χ4n) is 2.08. The van der Waals surface area contributed by atoms with Gasteiger partial charge in [-0.2, -0.15) is 0 Å². The third-order valence-corrected chi connectivity index (χ3v) is 4.75. The van der Waals surface area contributed by atoms with E-state index < -0.39 is 0 Å². The molecule has 114 valence electrons. The van der Waals surface area contributed by atoms with Crippen LogP contribution in [-0.4, -0.2) is 16.5 Å². The molecule has 6 heteroatoms. The van der Waals surface area contributed by atoms with E-state index in [4.69, 9.17) is 0 Å². The molecule has 2 aromatic rings. The topological polar surface area (TPSA) is 49.8 Å². The number of hydrogen-bond donors (Lipinski definition) is 2. The van der Waals surface area contributed by atoms with Crippen molar-refractivity contribution in [1.29, 1.82) is 0 Å². The summed E-state index contributed by atoms with van der Waals surface area (Å²) in [4.78, 5) is 10.1. The molecule has 0 aliphatic carbocycles. The Morgan fingerprint density at radius 1 is 1.24 bits per heavy atom. The molecule has 2 aromatic heterocycles. The van der Waals surface area contributed by atoms with Crippen LogP contribution in [0.3, 0.4) is 0 Å². The van der Waals surface area contributed by atoms with Crippen LogP contribution in [0.25, 0.3) is 0 Å². The molecule has 0 saturated heterocycles. The summed E-state index contributed by atoms with van der Waals surface area (Å²) in [7, 11) is 0. The van der Waals surface area contributed by atoms with Crippen LogP contribution in [0.15, 0.2) is 22.2 Å². The van der Waals surface area contributed by atoms with E-state index in [2.05, 4.69) is 68.7 Å². The van der Waals surface area contributed by atoms with E-state index >= 15 is 0 Å². The molecule has 0 radical (unpaired) electrons. The lowest BCUT2D eigenvalue weighted by molar-refractivity contribution is 0.839. The van der Waals surface area contributed by atoms with Crippen LogP contribution >= 0.6 is 27.3 Å². The van der Waals surface area contributed by atoms with E-state index in [9.17, 15) is 0 Å². The van der Waals surface area contributed by atoms with Crippen molar-refractivity contribution in [3.05, 3.63) is 32.7 Å². The molecule has 21 heavy (non-hydrogen) atoms. The first kappa shape index (κ1) is 16.2. The summed E-state index contributed by atoms with van der Waals surface area (Å²) < 4.78 is 1.13. The summed E-state index contributed by atoms with van der Waals surface area (Å²) in [6.07, 6.45) is 2.70. The molecule has 4 nitrogen and oxygen atoms in total. The van der Waals surface area contributed by atoms with Gasteiger partial charge in [-0.25, -0.2) is 9.97 Å². The number of hydrogen-bond acceptors (Lipinski definition) is 5. The van der Waals surface area contributed by atoms with Gasteiger partial charge in [0.05, 0.1) is 6.54 Å². The fourth-order valence-corrected chi connectivity index (χ4v) is 3.48. The summed E-state index contributed by atoms with van der Waals surface area (Å²) in [5, 5.41) is 8.92. The van der Waals surface area contributed by atoms with E-state index in [0.717, 1.165) is 41.2 Å². The average molecular weight is 369 g/mol. The Balaban J connectivity index is 2.17. The molecule has 0 atom stereocenters. The van der Waals surface area contributed by atoms with Crippen LogP contribution in [0.4, 0.5) is 11.6 Å². The lowest BCUT2D eigenvalue weighted by Gasteiger charge is -2.17. The minimum atomic E-state index is 0.364. The summed E-state index contributed by atoms with van der Waals surface area (Å²) in [6, 6.07) is 2.13. The molecule has 2 N–H and O–H groups in total. The van der Waals surface area contributed by atoms with E-state index in [1.165, 1.54) is 4.88 Å². The molecule has 0 amide bonds. The van der Waals surface area contributed by atoms with Gasteiger partial charge in [-0.1, -0.05) is 20.8 Å². The van der Waals surface area contributed by atoms with Gasteiger partial charge in [0, 0.05) is 26.8 Å². The Morgan fingerprint density at radius 2 is 1.95 bits per heavy atom. The smallest absolute Gasteiger partial charge is 0.135 e. The number of aromatic nitrogens is 2. The molecule has 2 heterocycles. The zero-order valence-corrected chi connectivity index (χ0v) is 15.0. The molecule has 0 aliphatic rings. The molecule has 0 aliphatic heterocycles. The molecule has 0 bridgehead atoms. The van der Waals surface area contributed by atoms with Gasteiger partial charge in [0.2, 0.25) is 0 Å². The number of nitrogens with zero attached hydrogens (tertiary/aromatic N) is 2. The second-order valence-electron chi connectivity index (χ2n) is 5.15. The summed E-state index contributed by atoms with van der Waals surface area (Å²) in [5.41, 5.74) is 1.15. The van der Waals surface area contributed by atoms with Gasteiger partial charge in [0.25, 0.3) is 0 Å². The highest BCUT2D eigenvalue weighted by molar-refractivity contribution is 9.10. The molecule has 0 saturated carbocycles. The standard InChI is InChI=1S/C15H21BrN4S/c1-4-5-17-14-13(10(2)3)15(20-9-19-14)18-7-12-6-11(16)8-21-12/h6,8-10H,4-5,7H2,1-3H3,(H2,17,18,19,20). The van der Waals surface area contributed by atoms with Crippen molar-refractivity contribution >= 4 is 38.9 Å². The van der Waals surface area contributed by atoms with Crippen molar-refractivity contribution in [1.82, 2.24) is 9.97 Å². The van der Waals surface area contributed by atoms with Gasteiger partial charge in [-0.15, -0.1) is 11.3 Å².